The highest BCUT2D eigenvalue weighted by molar-refractivity contribution is 7.89. The van der Waals surface area contributed by atoms with Crippen LogP contribution in [-0.4, -0.2) is 61.7 Å². The molecule has 0 bridgehead atoms. The van der Waals surface area contributed by atoms with Gasteiger partial charge in [0.2, 0.25) is 21.8 Å². The van der Waals surface area contributed by atoms with Crippen molar-refractivity contribution >= 4 is 21.8 Å². The summed E-state index contributed by atoms with van der Waals surface area (Å²) in [7, 11) is -3.81. The van der Waals surface area contributed by atoms with Gasteiger partial charge >= 0.3 is 0 Å². The fraction of sp³-hybridized carbons (Fsp3) is 0.556. The van der Waals surface area contributed by atoms with Crippen LogP contribution in [0, 0.1) is 11.2 Å². The molecule has 1 atom stereocenters. The Kier molecular flexibility index (Phi) is 6.26. The Morgan fingerprint density at radius 3 is 2.26 bits per heavy atom. The normalized spacial score (nSPS) is 17.4. The molecule has 0 aliphatic carbocycles. The van der Waals surface area contributed by atoms with Crippen LogP contribution in [0.2, 0.25) is 0 Å². The van der Waals surface area contributed by atoms with Crippen molar-refractivity contribution in [3.63, 3.8) is 0 Å². The number of carbonyl (C=O) groups excluding carboxylic acids is 2. The van der Waals surface area contributed by atoms with Gasteiger partial charge in [-0.2, -0.15) is 4.31 Å². The van der Waals surface area contributed by atoms with Crippen LogP contribution < -0.4 is 5.32 Å². The number of sulfonamides is 1. The van der Waals surface area contributed by atoms with Gasteiger partial charge in [0.15, 0.2) is 0 Å². The van der Waals surface area contributed by atoms with Crippen LogP contribution in [-0.2, 0) is 19.6 Å². The number of hydrogen-bond acceptors (Lipinski definition) is 4. The smallest absolute Gasteiger partial charge is 0.244 e. The van der Waals surface area contributed by atoms with Gasteiger partial charge in [0.1, 0.15) is 11.9 Å². The number of nitrogens with zero attached hydrogens (tertiary/aromatic N) is 2. The van der Waals surface area contributed by atoms with Gasteiger partial charge in [-0.25, -0.2) is 12.8 Å². The quantitative estimate of drug-likeness (QED) is 0.825. The molecule has 0 unspecified atom stereocenters. The minimum atomic E-state index is -3.81. The summed E-state index contributed by atoms with van der Waals surface area (Å²) in [6.07, 6.45) is 0. The number of rotatable bonds is 4. The molecular weight excluding hydrogens is 373 g/mol. The van der Waals surface area contributed by atoms with Crippen LogP contribution >= 0.6 is 0 Å². The van der Waals surface area contributed by atoms with E-state index < -0.39 is 27.3 Å². The maximum absolute atomic E-state index is 13.3. The lowest BCUT2D eigenvalue weighted by atomic mass is 9.95. The molecule has 1 aliphatic rings. The molecule has 9 heteroatoms. The number of nitrogens with one attached hydrogen (secondary N) is 1. The van der Waals surface area contributed by atoms with Crippen molar-refractivity contribution in [2.45, 2.75) is 38.6 Å². The van der Waals surface area contributed by atoms with Gasteiger partial charge in [0.05, 0.1) is 4.90 Å². The number of halogens is 1. The third-order valence-corrected chi connectivity index (χ3v) is 6.28. The summed E-state index contributed by atoms with van der Waals surface area (Å²) >= 11 is 0. The second-order valence-electron chi connectivity index (χ2n) is 7.63. The molecule has 0 spiro atoms. The van der Waals surface area contributed by atoms with E-state index in [2.05, 4.69) is 5.32 Å². The maximum atomic E-state index is 13.3. The largest absolute Gasteiger partial charge is 0.344 e. The SMILES string of the molecule is C[C@H](NC(=O)C(C)(C)C)C(=O)N1CCN(S(=O)(=O)c2cccc(F)c2)CC1. The van der Waals surface area contributed by atoms with E-state index in [0.717, 1.165) is 6.07 Å². The van der Waals surface area contributed by atoms with Gasteiger partial charge in [-0.3, -0.25) is 9.59 Å². The summed E-state index contributed by atoms with van der Waals surface area (Å²) in [5.41, 5.74) is -0.605. The van der Waals surface area contributed by atoms with Crippen LogP contribution in [0.1, 0.15) is 27.7 Å². The Morgan fingerprint density at radius 1 is 1.15 bits per heavy atom. The highest BCUT2D eigenvalue weighted by Crippen LogP contribution is 2.19. The maximum Gasteiger partial charge on any atom is 0.244 e. The predicted molar refractivity (Wildman–Crippen MR) is 98.8 cm³/mol. The number of piperazine rings is 1. The average Bonchev–Trinajstić information content (AvgIpc) is 2.60. The van der Waals surface area contributed by atoms with Gasteiger partial charge in [-0.15, -0.1) is 0 Å². The number of hydrogen-bond donors (Lipinski definition) is 1. The molecule has 1 aliphatic heterocycles. The molecule has 1 aromatic rings. The number of carbonyl (C=O) groups is 2. The highest BCUT2D eigenvalue weighted by Gasteiger charge is 2.33. The fourth-order valence-electron chi connectivity index (χ4n) is 2.67. The van der Waals surface area contributed by atoms with Crippen molar-refractivity contribution in [3.05, 3.63) is 30.1 Å². The third kappa shape index (κ3) is 5.04. The van der Waals surface area contributed by atoms with Gasteiger partial charge in [0.25, 0.3) is 0 Å². The molecule has 7 nitrogen and oxygen atoms in total. The minimum absolute atomic E-state index is 0.104. The average molecular weight is 399 g/mol. The summed E-state index contributed by atoms with van der Waals surface area (Å²) in [5.74, 6) is -1.10. The molecule has 150 valence electrons. The molecule has 0 saturated carbocycles. The van der Waals surface area contributed by atoms with Gasteiger partial charge in [-0.1, -0.05) is 26.8 Å². The topological polar surface area (TPSA) is 86.8 Å². The Labute approximate surface area is 159 Å². The molecule has 27 heavy (non-hydrogen) atoms. The van der Waals surface area contributed by atoms with Gasteiger partial charge < -0.3 is 10.2 Å². The van der Waals surface area contributed by atoms with Crippen molar-refractivity contribution in [2.24, 2.45) is 5.41 Å². The molecule has 1 N–H and O–H groups in total. The molecule has 1 aromatic carbocycles. The van der Waals surface area contributed by atoms with Gasteiger partial charge in [0, 0.05) is 31.6 Å². The van der Waals surface area contributed by atoms with E-state index in [-0.39, 0.29) is 42.9 Å². The Balaban J connectivity index is 1.98. The first kappa shape index (κ1) is 21.3. The molecule has 2 amide bonds. The first-order valence-corrected chi connectivity index (χ1v) is 10.2. The van der Waals surface area contributed by atoms with E-state index in [9.17, 15) is 22.4 Å². The van der Waals surface area contributed by atoms with E-state index in [1.54, 1.807) is 27.7 Å². The van der Waals surface area contributed by atoms with E-state index >= 15 is 0 Å². The van der Waals surface area contributed by atoms with E-state index in [1.165, 1.54) is 27.4 Å². The third-order valence-electron chi connectivity index (χ3n) is 4.38. The van der Waals surface area contributed by atoms with Crippen LogP contribution in [0.15, 0.2) is 29.2 Å². The van der Waals surface area contributed by atoms with Crippen LogP contribution in [0.5, 0.6) is 0 Å². The summed E-state index contributed by atoms with van der Waals surface area (Å²) in [6, 6.07) is 4.17. The lowest BCUT2D eigenvalue weighted by Crippen LogP contribution is -2.55. The van der Waals surface area contributed by atoms with Crippen LogP contribution in [0.3, 0.4) is 0 Å². The zero-order valence-electron chi connectivity index (χ0n) is 16.0. The van der Waals surface area contributed by atoms with Crippen molar-refractivity contribution in [1.29, 1.82) is 0 Å². The molecular formula is C18H26FN3O4S. The highest BCUT2D eigenvalue weighted by atomic mass is 32.2. The van der Waals surface area contributed by atoms with Crippen LogP contribution in [0.25, 0.3) is 0 Å². The molecule has 1 saturated heterocycles. The Bertz CT molecular complexity index is 812. The van der Waals surface area contributed by atoms with Crippen molar-refractivity contribution < 1.29 is 22.4 Å². The molecule has 1 heterocycles. The van der Waals surface area contributed by atoms with E-state index in [0.29, 0.717) is 0 Å². The molecule has 2 rings (SSSR count). The second-order valence-corrected chi connectivity index (χ2v) is 9.57. The monoisotopic (exact) mass is 399 g/mol. The zero-order valence-corrected chi connectivity index (χ0v) is 16.8. The first-order chi connectivity index (χ1) is 12.4. The van der Waals surface area contributed by atoms with Crippen molar-refractivity contribution in [2.75, 3.05) is 26.2 Å². The molecule has 0 aromatic heterocycles. The van der Waals surface area contributed by atoms with Crippen LogP contribution in [0.4, 0.5) is 4.39 Å². The fourth-order valence-corrected chi connectivity index (χ4v) is 4.13. The van der Waals surface area contributed by atoms with E-state index in [4.69, 9.17) is 0 Å². The van der Waals surface area contributed by atoms with Crippen molar-refractivity contribution in [3.8, 4) is 0 Å². The minimum Gasteiger partial charge on any atom is -0.344 e. The Hall–Kier alpha value is -2.00. The molecule has 1 fully saturated rings. The lowest BCUT2D eigenvalue weighted by molar-refractivity contribution is -0.139. The summed E-state index contributed by atoms with van der Waals surface area (Å²) in [5, 5.41) is 2.69. The lowest BCUT2D eigenvalue weighted by Gasteiger charge is -2.35. The molecule has 0 radical (unpaired) electrons. The zero-order chi connectivity index (χ0) is 20.4. The predicted octanol–water partition coefficient (Wildman–Crippen LogP) is 1.21. The van der Waals surface area contributed by atoms with Gasteiger partial charge in [-0.05, 0) is 25.1 Å². The number of benzene rings is 1. The number of amides is 2. The second kappa shape index (κ2) is 7.93. The first-order valence-electron chi connectivity index (χ1n) is 8.78. The summed E-state index contributed by atoms with van der Waals surface area (Å²) in [4.78, 5) is 26.0. The van der Waals surface area contributed by atoms with Crippen molar-refractivity contribution in [1.82, 2.24) is 14.5 Å². The summed E-state index contributed by atoms with van der Waals surface area (Å²) in [6.45, 7) is 7.55. The van der Waals surface area contributed by atoms with E-state index in [1.807, 2.05) is 0 Å². The standard InChI is InChI=1S/C18H26FN3O4S/c1-13(20-17(24)18(2,3)4)16(23)21-8-10-22(11-9-21)27(25,26)15-7-5-6-14(19)12-15/h5-7,12-13H,8-11H2,1-4H3,(H,20,24)/t13-/m0/s1. The summed E-state index contributed by atoms with van der Waals surface area (Å²) < 4.78 is 39.8. The Morgan fingerprint density at radius 2 is 1.74 bits per heavy atom.